The van der Waals surface area contributed by atoms with Crippen molar-refractivity contribution >= 4 is 5.78 Å². The molecule has 0 atom stereocenters. The van der Waals surface area contributed by atoms with E-state index in [0.29, 0.717) is 11.4 Å². The van der Waals surface area contributed by atoms with E-state index in [9.17, 15) is 4.79 Å². The van der Waals surface area contributed by atoms with Crippen LogP contribution in [0.15, 0.2) is 67.3 Å². The summed E-state index contributed by atoms with van der Waals surface area (Å²) in [5.74, 6) is -0.147. The normalized spacial score (nSPS) is 9.26. The fraction of sp³-hybridized carbons (Fsp3) is 0. The number of ketones is 1. The number of aromatic amines is 1. The number of H-pyrrole nitrogens is 1. The predicted octanol–water partition coefficient (Wildman–Crippen LogP) is 2.12. The van der Waals surface area contributed by atoms with Crippen molar-refractivity contribution in [2.75, 3.05) is 0 Å². The fourth-order valence-corrected chi connectivity index (χ4v) is 1.34. The topological polar surface area (TPSA) is 71.5 Å². The molecule has 0 unspecified atom stereocenters. The lowest BCUT2D eigenvalue weighted by molar-refractivity contribution is 0.103. The molecule has 0 aliphatic rings. The number of pyridine rings is 2. The van der Waals surface area contributed by atoms with Crippen molar-refractivity contribution in [3.05, 3.63) is 78.6 Å². The van der Waals surface area contributed by atoms with Gasteiger partial charge >= 0.3 is 0 Å². The Kier molecular flexibility index (Phi) is 4.52. The first-order valence-electron chi connectivity index (χ1n) is 5.68. The van der Waals surface area contributed by atoms with Gasteiger partial charge in [0.05, 0.1) is 0 Å². The van der Waals surface area contributed by atoms with Crippen LogP contribution in [-0.2, 0) is 0 Å². The van der Waals surface area contributed by atoms with Crippen LogP contribution in [0.2, 0.25) is 0 Å². The molecule has 5 nitrogen and oxygen atoms in total. The SMILES string of the molecule is O=C(c1ccccn1)c1ccccn1.c1cn[nH]c1. The van der Waals surface area contributed by atoms with Gasteiger partial charge < -0.3 is 0 Å². The summed E-state index contributed by atoms with van der Waals surface area (Å²) in [7, 11) is 0. The Balaban J connectivity index is 0.000000224. The number of carbonyl (C=O) groups excluding carboxylic acids is 1. The minimum absolute atomic E-state index is 0.147. The maximum atomic E-state index is 11.7. The highest BCUT2D eigenvalue weighted by Gasteiger charge is 2.09. The minimum atomic E-state index is -0.147. The van der Waals surface area contributed by atoms with Crippen molar-refractivity contribution in [2.45, 2.75) is 0 Å². The number of nitrogens with zero attached hydrogens (tertiary/aromatic N) is 3. The first kappa shape index (κ1) is 12.6. The molecule has 0 aromatic carbocycles. The van der Waals surface area contributed by atoms with Crippen LogP contribution < -0.4 is 0 Å². The van der Waals surface area contributed by atoms with Crippen molar-refractivity contribution < 1.29 is 4.79 Å². The zero-order valence-corrected chi connectivity index (χ0v) is 10.1. The van der Waals surface area contributed by atoms with E-state index in [2.05, 4.69) is 20.2 Å². The van der Waals surface area contributed by atoms with Crippen LogP contribution in [0.1, 0.15) is 16.2 Å². The molecule has 3 aromatic heterocycles. The fourth-order valence-electron chi connectivity index (χ4n) is 1.34. The van der Waals surface area contributed by atoms with Crippen LogP contribution in [0, 0.1) is 0 Å². The highest BCUT2D eigenvalue weighted by molar-refractivity contribution is 6.06. The Bertz CT molecular complexity index is 535. The molecule has 1 N–H and O–H groups in total. The van der Waals surface area contributed by atoms with Crippen molar-refractivity contribution in [2.24, 2.45) is 0 Å². The molecule has 0 saturated heterocycles. The highest BCUT2D eigenvalue weighted by atomic mass is 16.1. The summed E-state index contributed by atoms with van der Waals surface area (Å²) < 4.78 is 0. The molecule has 0 aliphatic heterocycles. The van der Waals surface area contributed by atoms with E-state index >= 15 is 0 Å². The molecule has 94 valence electrons. The van der Waals surface area contributed by atoms with Crippen LogP contribution >= 0.6 is 0 Å². The van der Waals surface area contributed by atoms with E-state index < -0.39 is 0 Å². The van der Waals surface area contributed by atoms with E-state index in [-0.39, 0.29) is 5.78 Å². The first-order chi connectivity index (χ1) is 9.38. The molecule has 0 saturated carbocycles. The summed E-state index contributed by atoms with van der Waals surface area (Å²) in [4.78, 5) is 19.7. The van der Waals surface area contributed by atoms with Crippen molar-refractivity contribution in [1.29, 1.82) is 0 Å². The molecule has 0 amide bonds. The summed E-state index contributed by atoms with van der Waals surface area (Å²) in [6, 6.07) is 12.3. The summed E-state index contributed by atoms with van der Waals surface area (Å²) in [5, 5.41) is 6.21. The summed E-state index contributed by atoms with van der Waals surface area (Å²) in [6.07, 6.45) is 6.65. The van der Waals surface area contributed by atoms with E-state index in [0.717, 1.165) is 0 Å². The van der Waals surface area contributed by atoms with Gasteiger partial charge in [-0.2, -0.15) is 5.10 Å². The number of carbonyl (C=O) groups is 1. The first-order valence-corrected chi connectivity index (χ1v) is 5.68. The van der Waals surface area contributed by atoms with Gasteiger partial charge in [-0.15, -0.1) is 0 Å². The van der Waals surface area contributed by atoms with Crippen LogP contribution in [0.5, 0.6) is 0 Å². The van der Waals surface area contributed by atoms with Crippen LogP contribution in [0.4, 0.5) is 0 Å². The van der Waals surface area contributed by atoms with Gasteiger partial charge in [-0.3, -0.25) is 19.9 Å². The largest absolute Gasteiger partial charge is 0.286 e. The lowest BCUT2D eigenvalue weighted by Crippen LogP contribution is -2.05. The van der Waals surface area contributed by atoms with Gasteiger partial charge in [0.25, 0.3) is 0 Å². The lowest BCUT2D eigenvalue weighted by Gasteiger charge is -1.97. The molecular weight excluding hydrogens is 240 g/mol. The van der Waals surface area contributed by atoms with Crippen LogP contribution in [0.25, 0.3) is 0 Å². The Morgan fingerprint density at radius 2 is 1.47 bits per heavy atom. The third kappa shape index (κ3) is 3.85. The van der Waals surface area contributed by atoms with Crippen molar-refractivity contribution in [3.8, 4) is 0 Å². The molecule has 0 bridgehead atoms. The number of nitrogens with one attached hydrogen (secondary N) is 1. The number of hydrogen-bond donors (Lipinski definition) is 1. The summed E-state index contributed by atoms with van der Waals surface area (Å²) in [6.45, 7) is 0. The smallest absolute Gasteiger partial charge is 0.229 e. The Morgan fingerprint density at radius 1 is 0.842 bits per heavy atom. The maximum absolute atomic E-state index is 11.7. The second kappa shape index (κ2) is 6.80. The van der Waals surface area contributed by atoms with E-state index in [4.69, 9.17) is 0 Å². The summed E-state index contributed by atoms with van der Waals surface area (Å²) in [5.41, 5.74) is 0.845. The molecule has 0 fully saturated rings. The summed E-state index contributed by atoms with van der Waals surface area (Å²) >= 11 is 0. The molecule has 3 rings (SSSR count). The Hall–Kier alpha value is -2.82. The molecule has 5 heteroatoms. The average Bonchev–Trinajstić information content (AvgIpc) is 3.08. The molecule has 3 heterocycles. The average molecular weight is 252 g/mol. The minimum Gasteiger partial charge on any atom is -0.286 e. The van der Waals surface area contributed by atoms with Gasteiger partial charge in [0.1, 0.15) is 11.4 Å². The van der Waals surface area contributed by atoms with Gasteiger partial charge in [-0.1, -0.05) is 12.1 Å². The maximum Gasteiger partial charge on any atom is 0.229 e. The second-order valence-electron chi connectivity index (χ2n) is 3.53. The second-order valence-corrected chi connectivity index (χ2v) is 3.53. The monoisotopic (exact) mass is 252 g/mol. The lowest BCUT2D eigenvalue weighted by atomic mass is 10.2. The van der Waals surface area contributed by atoms with Crippen molar-refractivity contribution in [3.63, 3.8) is 0 Å². The molecule has 0 aliphatic carbocycles. The van der Waals surface area contributed by atoms with E-state index in [1.54, 1.807) is 61.2 Å². The van der Waals surface area contributed by atoms with E-state index in [1.165, 1.54) is 0 Å². The van der Waals surface area contributed by atoms with Gasteiger partial charge in [0, 0.05) is 24.8 Å². The third-order valence-corrected chi connectivity index (χ3v) is 2.20. The van der Waals surface area contributed by atoms with Crippen LogP contribution in [-0.4, -0.2) is 25.9 Å². The molecular formula is C14H12N4O. The predicted molar refractivity (Wildman–Crippen MR) is 70.5 cm³/mol. The van der Waals surface area contributed by atoms with Gasteiger partial charge in [0.2, 0.25) is 5.78 Å². The molecule has 19 heavy (non-hydrogen) atoms. The highest BCUT2D eigenvalue weighted by Crippen LogP contribution is 2.03. The van der Waals surface area contributed by atoms with Gasteiger partial charge in [-0.05, 0) is 30.3 Å². The molecule has 3 aromatic rings. The molecule has 0 spiro atoms. The standard InChI is InChI=1S/C11H8N2O.C3H4N2/c14-11(9-5-1-3-7-12-9)10-6-2-4-8-13-10;1-2-4-5-3-1/h1-8H;1-3H,(H,4,5). The third-order valence-electron chi connectivity index (χ3n) is 2.20. The number of rotatable bonds is 2. The van der Waals surface area contributed by atoms with Gasteiger partial charge in [-0.25, -0.2) is 0 Å². The zero-order chi connectivity index (χ0) is 13.3. The molecule has 0 radical (unpaired) electrons. The zero-order valence-electron chi connectivity index (χ0n) is 10.1. The van der Waals surface area contributed by atoms with Gasteiger partial charge in [0.15, 0.2) is 0 Å². The van der Waals surface area contributed by atoms with E-state index in [1.807, 2.05) is 6.07 Å². The Labute approximate surface area is 110 Å². The Morgan fingerprint density at radius 3 is 1.79 bits per heavy atom. The van der Waals surface area contributed by atoms with Crippen LogP contribution in [0.3, 0.4) is 0 Å². The quantitative estimate of drug-likeness (QED) is 0.709. The number of hydrogen-bond acceptors (Lipinski definition) is 4. The van der Waals surface area contributed by atoms with Crippen molar-refractivity contribution in [1.82, 2.24) is 20.2 Å². The number of aromatic nitrogens is 4.